The molecule has 1 atom stereocenters. The van der Waals surface area contributed by atoms with Crippen molar-refractivity contribution in [1.82, 2.24) is 10.2 Å². The molecule has 0 saturated carbocycles. The van der Waals surface area contributed by atoms with Crippen LogP contribution in [0.1, 0.15) is 33.1 Å². The molecular formula is C13H28N2O4S. The smallest absolute Gasteiger partial charge is 0.323 e. The SMILES string of the molecule is CCNC(CC)(CCCN(C)CCS(C)(=O)=O)C(=O)O. The second kappa shape index (κ2) is 8.59. The van der Waals surface area contributed by atoms with Crippen LogP contribution < -0.4 is 5.32 Å². The summed E-state index contributed by atoms with van der Waals surface area (Å²) in [5, 5.41) is 12.4. The Morgan fingerprint density at radius 2 is 1.90 bits per heavy atom. The summed E-state index contributed by atoms with van der Waals surface area (Å²) in [4.78, 5) is 13.3. The highest BCUT2D eigenvalue weighted by molar-refractivity contribution is 7.90. The molecule has 0 saturated heterocycles. The largest absolute Gasteiger partial charge is 0.480 e. The third kappa shape index (κ3) is 7.21. The number of nitrogens with one attached hydrogen (secondary N) is 1. The van der Waals surface area contributed by atoms with E-state index in [9.17, 15) is 18.3 Å². The number of hydrogen-bond acceptors (Lipinski definition) is 5. The number of hydrogen-bond donors (Lipinski definition) is 2. The molecule has 0 amide bonds. The summed E-state index contributed by atoms with van der Waals surface area (Å²) in [6, 6.07) is 0. The minimum absolute atomic E-state index is 0.133. The van der Waals surface area contributed by atoms with Crippen LogP contribution in [0.2, 0.25) is 0 Å². The molecule has 0 fully saturated rings. The summed E-state index contributed by atoms with van der Waals surface area (Å²) < 4.78 is 22.2. The summed E-state index contributed by atoms with van der Waals surface area (Å²) in [5.41, 5.74) is -0.869. The van der Waals surface area contributed by atoms with Crippen LogP contribution in [-0.4, -0.2) is 68.6 Å². The summed E-state index contributed by atoms with van der Waals surface area (Å²) in [5.74, 6) is -0.685. The average Bonchev–Trinajstić information content (AvgIpc) is 2.34. The van der Waals surface area contributed by atoms with Gasteiger partial charge in [-0.3, -0.25) is 4.79 Å². The lowest BCUT2D eigenvalue weighted by atomic mass is 9.90. The predicted octanol–water partition coefficient (Wildman–Crippen LogP) is 0.586. The predicted molar refractivity (Wildman–Crippen MR) is 80.8 cm³/mol. The van der Waals surface area contributed by atoms with Crippen LogP contribution in [0.25, 0.3) is 0 Å². The number of carboxylic acid groups (broad SMARTS) is 1. The fourth-order valence-electron chi connectivity index (χ4n) is 2.15. The van der Waals surface area contributed by atoms with Gasteiger partial charge in [-0.1, -0.05) is 13.8 Å². The molecule has 0 radical (unpaired) electrons. The van der Waals surface area contributed by atoms with E-state index in [0.717, 1.165) is 0 Å². The van der Waals surface area contributed by atoms with Crippen molar-refractivity contribution in [3.8, 4) is 0 Å². The van der Waals surface area contributed by atoms with Gasteiger partial charge in [0.15, 0.2) is 0 Å². The number of rotatable bonds is 11. The Bertz CT molecular complexity index is 397. The van der Waals surface area contributed by atoms with E-state index in [-0.39, 0.29) is 5.75 Å². The van der Waals surface area contributed by atoms with Gasteiger partial charge in [0, 0.05) is 12.8 Å². The summed E-state index contributed by atoms with van der Waals surface area (Å²) in [7, 11) is -1.09. The summed E-state index contributed by atoms with van der Waals surface area (Å²) >= 11 is 0. The molecule has 0 aliphatic carbocycles. The monoisotopic (exact) mass is 308 g/mol. The molecule has 20 heavy (non-hydrogen) atoms. The van der Waals surface area contributed by atoms with E-state index in [4.69, 9.17) is 0 Å². The molecular weight excluding hydrogens is 280 g/mol. The van der Waals surface area contributed by atoms with Crippen molar-refractivity contribution < 1.29 is 18.3 Å². The molecule has 6 nitrogen and oxygen atoms in total. The molecule has 0 rings (SSSR count). The molecule has 2 N–H and O–H groups in total. The highest BCUT2D eigenvalue weighted by Gasteiger charge is 2.34. The molecule has 0 aliphatic rings. The van der Waals surface area contributed by atoms with Crippen molar-refractivity contribution in [1.29, 1.82) is 0 Å². The summed E-state index contributed by atoms with van der Waals surface area (Å²) in [6.07, 6.45) is 3.01. The lowest BCUT2D eigenvalue weighted by Gasteiger charge is -2.30. The van der Waals surface area contributed by atoms with Crippen LogP contribution >= 0.6 is 0 Å². The van der Waals surface area contributed by atoms with Gasteiger partial charge in [0.25, 0.3) is 0 Å². The first-order valence-corrected chi connectivity index (χ1v) is 9.07. The molecule has 1 unspecified atom stereocenters. The quantitative estimate of drug-likeness (QED) is 0.581. The standard InChI is InChI=1S/C13H28N2O4S/c1-5-13(12(16)17,14-6-2)8-7-9-15(3)10-11-20(4,18)19/h14H,5-11H2,1-4H3,(H,16,17). The van der Waals surface area contributed by atoms with Crippen LogP contribution in [0, 0.1) is 0 Å². The minimum atomic E-state index is -2.95. The lowest BCUT2D eigenvalue weighted by Crippen LogP contribution is -2.51. The van der Waals surface area contributed by atoms with Crippen molar-refractivity contribution in [2.45, 2.75) is 38.6 Å². The number of nitrogens with zero attached hydrogens (tertiary/aromatic N) is 1. The topological polar surface area (TPSA) is 86.7 Å². The molecule has 0 aliphatic heterocycles. The number of aliphatic carboxylic acids is 1. The van der Waals surface area contributed by atoms with Crippen LogP contribution in [0.5, 0.6) is 0 Å². The molecule has 7 heteroatoms. The van der Waals surface area contributed by atoms with Crippen molar-refractivity contribution in [3.05, 3.63) is 0 Å². The van der Waals surface area contributed by atoms with E-state index in [1.165, 1.54) is 6.26 Å². The van der Waals surface area contributed by atoms with E-state index in [1.54, 1.807) is 0 Å². The van der Waals surface area contributed by atoms with Crippen LogP contribution in [0.4, 0.5) is 0 Å². The van der Waals surface area contributed by atoms with Gasteiger partial charge in [-0.25, -0.2) is 8.42 Å². The Morgan fingerprint density at radius 1 is 1.30 bits per heavy atom. The number of carbonyl (C=O) groups is 1. The number of likely N-dealkylation sites (N-methyl/N-ethyl adjacent to an activating group) is 1. The van der Waals surface area contributed by atoms with Crippen molar-refractivity contribution in [2.24, 2.45) is 0 Å². The van der Waals surface area contributed by atoms with Gasteiger partial charge in [-0.2, -0.15) is 0 Å². The highest BCUT2D eigenvalue weighted by Crippen LogP contribution is 2.18. The average molecular weight is 308 g/mol. The molecule has 0 heterocycles. The van der Waals surface area contributed by atoms with E-state index < -0.39 is 21.3 Å². The Hall–Kier alpha value is -0.660. The van der Waals surface area contributed by atoms with E-state index >= 15 is 0 Å². The zero-order chi connectivity index (χ0) is 15.8. The molecule has 0 aromatic heterocycles. The van der Waals surface area contributed by atoms with Gasteiger partial charge in [-0.15, -0.1) is 0 Å². The first kappa shape index (κ1) is 19.3. The lowest BCUT2D eigenvalue weighted by molar-refractivity contribution is -0.145. The third-order valence-corrected chi connectivity index (χ3v) is 4.44. The maximum absolute atomic E-state index is 11.4. The van der Waals surface area contributed by atoms with Gasteiger partial charge in [-0.05, 0) is 39.4 Å². The minimum Gasteiger partial charge on any atom is -0.480 e. The van der Waals surface area contributed by atoms with E-state index in [2.05, 4.69) is 5.32 Å². The van der Waals surface area contributed by atoms with Crippen molar-refractivity contribution in [2.75, 3.05) is 38.7 Å². The maximum Gasteiger partial charge on any atom is 0.323 e. The van der Waals surface area contributed by atoms with Crippen molar-refractivity contribution >= 4 is 15.8 Å². The Kier molecular flexibility index (Phi) is 8.30. The number of sulfone groups is 1. The van der Waals surface area contributed by atoms with Crippen LogP contribution in [0.3, 0.4) is 0 Å². The Labute approximate surface area is 122 Å². The number of carboxylic acids is 1. The second-order valence-corrected chi connectivity index (χ2v) is 7.57. The molecule has 120 valence electrons. The first-order chi connectivity index (χ1) is 9.17. The zero-order valence-electron chi connectivity index (χ0n) is 13.0. The highest BCUT2D eigenvalue weighted by atomic mass is 32.2. The molecule has 0 aromatic rings. The van der Waals surface area contributed by atoms with Gasteiger partial charge in [0.05, 0.1) is 5.75 Å². The second-order valence-electron chi connectivity index (χ2n) is 5.31. The van der Waals surface area contributed by atoms with E-state index in [0.29, 0.717) is 38.9 Å². The molecule has 0 spiro atoms. The first-order valence-electron chi connectivity index (χ1n) is 7.01. The molecule has 0 aromatic carbocycles. The third-order valence-electron chi connectivity index (χ3n) is 3.52. The van der Waals surface area contributed by atoms with Gasteiger partial charge >= 0.3 is 5.97 Å². The van der Waals surface area contributed by atoms with Gasteiger partial charge < -0.3 is 15.3 Å². The normalized spacial score (nSPS) is 15.2. The fraction of sp³-hybridized carbons (Fsp3) is 0.923. The Morgan fingerprint density at radius 3 is 2.30 bits per heavy atom. The Balaban J connectivity index is 4.27. The zero-order valence-corrected chi connectivity index (χ0v) is 13.8. The van der Waals surface area contributed by atoms with Gasteiger partial charge in [0.1, 0.15) is 15.4 Å². The van der Waals surface area contributed by atoms with Crippen LogP contribution in [-0.2, 0) is 14.6 Å². The van der Waals surface area contributed by atoms with Gasteiger partial charge in [0.2, 0.25) is 0 Å². The van der Waals surface area contributed by atoms with Crippen LogP contribution in [0.15, 0.2) is 0 Å². The van der Waals surface area contributed by atoms with Crippen molar-refractivity contribution in [3.63, 3.8) is 0 Å². The summed E-state index contributed by atoms with van der Waals surface area (Å²) in [6.45, 7) is 5.54. The van der Waals surface area contributed by atoms with E-state index in [1.807, 2.05) is 25.8 Å². The molecule has 0 bridgehead atoms. The maximum atomic E-state index is 11.4. The fourth-order valence-corrected chi connectivity index (χ4v) is 2.79.